The van der Waals surface area contributed by atoms with Crippen LogP contribution in [0.4, 0.5) is 14.5 Å². The van der Waals surface area contributed by atoms with Crippen LogP contribution in [0.2, 0.25) is 0 Å². The molecule has 26 heavy (non-hydrogen) atoms. The van der Waals surface area contributed by atoms with Gasteiger partial charge in [-0.1, -0.05) is 0 Å². The van der Waals surface area contributed by atoms with E-state index in [0.29, 0.717) is 5.56 Å². The van der Waals surface area contributed by atoms with Crippen LogP contribution in [0.25, 0.3) is 11.5 Å². The van der Waals surface area contributed by atoms with Gasteiger partial charge in [-0.15, -0.1) is 0 Å². The van der Waals surface area contributed by atoms with E-state index in [-0.39, 0.29) is 22.0 Å². The van der Waals surface area contributed by atoms with E-state index in [1.165, 1.54) is 0 Å². The van der Waals surface area contributed by atoms with Gasteiger partial charge in [0.15, 0.2) is 11.4 Å². The van der Waals surface area contributed by atoms with Crippen molar-refractivity contribution < 1.29 is 22.8 Å². The Kier molecular flexibility index (Phi) is 4.43. The lowest BCUT2D eigenvalue weighted by atomic mass is 10.2. The number of alkyl halides is 2. The smallest absolute Gasteiger partial charge is 0.333 e. The summed E-state index contributed by atoms with van der Waals surface area (Å²) in [4.78, 5) is 31.6. The molecular formula is C15H12F2N6O3. The zero-order chi connectivity index (χ0) is 18.8. The average Bonchev–Trinajstić information content (AvgIpc) is 3.22. The van der Waals surface area contributed by atoms with Crippen LogP contribution in [0.3, 0.4) is 0 Å². The van der Waals surface area contributed by atoms with Gasteiger partial charge in [-0.2, -0.15) is 13.9 Å². The Morgan fingerprint density at radius 3 is 2.81 bits per heavy atom. The molecule has 0 fully saturated rings. The molecule has 0 spiro atoms. The summed E-state index contributed by atoms with van der Waals surface area (Å²) in [7, 11) is 0. The molecule has 11 heteroatoms. The standard InChI is InChI=1S/C15H12F2N6O3/c1-7-4-8(2-3-19-7)14-21-10(6-26-14)13(25)20-9-5-23(15(16)17)22-11(9)12(18)24/h2-6,15H,1H3,(H2,18,24)(H,20,25). The van der Waals surface area contributed by atoms with Gasteiger partial charge in [0.1, 0.15) is 6.26 Å². The predicted octanol–water partition coefficient (Wildman–Crippen LogP) is 1.99. The highest BCUT2D eigenvalue weighted by Crippen LogP contribution is 2.21. The van der Waals surface area contributed by atoms with E-state index >= 15 is 0 Å². The number of anilines is 1. The number of carbonyl (C=O) groups is 2. The van der Waals surface area contributed by atoms with Crippen molar-refractivity contribution in [3.8, 4) is 11.5 Å². The Labute approximate surface area is 144 Å². The van der Waals surface area contributed by atoms with E-state index in [9.17, 15) is 18.4 Å². The largest absolute Gasteiger partial charge is 0.444 e. The second-order valence-electron chi connectivity index (χ2n) is 5.19. The molecule has 3 aromatic heterocycles. The van der Waals surface area contributed by atoms with Crippen LogP contribution in [0.5, 0.6) is 0 Å². The van der Waals surface area contributed by atoms with Crippen molar-refractivity contribution in [1.82, 2.24) is 19.7 Å². The number of aryl methyl sites for hydroxylation is 1. The lowest BCUT2D eigenvalue weighted by molar-refractivity contribution is 0.0561. The van der Waals surface area contributed by atoms with Crippen LogP contribution in [-0.4, -0.2) is 31.6 Å². The third kappa shape index (κ3) is 3.41. The van der Waals surface area contributed by atoms with Gasteiger partial charge in [-0.25, -0.2) is 9.67 Å². The Morgan fingerprint density at radius 1 is 1.38 bits per heavy atom. The Balaban J connectivity index is 1.84. The molecule has 134 valence electrons. The Hall–Kier alpha value is -3.63. The first kappa shape index (κ1) is 17.2. The second-order valence-corrected chi connectivity index (χ2v) is 5.19. The van der Waals surface area contributed by atoms with Crippen molar-refractivity contribution in [1.29, 1.82) is 0 Å². The first-order chi connectivity index (χ1) is 12.3. The van der Waals surface area contributed by atoms with Gasteiger partial charge < -0.3 is 15.5 Å². The summed E-state index contributed by atoms with van der Waals surface area (Å²) in [5, 5.41) is 5.61. The normalized spacial score (nSPS) is 10.9. The molecule has 0 bridgehead atoms. The predicted molar refractivity (Wildman–Crippen MR) is 84.4 cm³/mol. The van der Waals surface area contributed by atoms with E-state index in [1.807, 2.05) is 0 Å². The maximum absolute atomic E-state index is 12.7. The van der Waals surface area contributed by atoms with Crippen molar-refractivity contribution >= 4 is 17.5 Å². The van der Waals surface area contributed by atoms with Gasteiger partial charge in [-0.05, 0) is 19.1 Å². The second kappa shape index (κ2) is 6.70. The third-order valence-electron chi connectivity index (χ3n) is 3.29. The molecule has 0 aromatic carbocycles. The van der Waals surface area contributed by atoms with Crippen LogP contribution < -0.4 is 11.1 Å². The molecule has 0 radical (unpaired) electrons. The molecule has 0 saturated heterocycles. The van der Waals surface area contributed by atoms with Crippen LogP contribution in [0.15, 0.2) is 35.2 Å². The summed E-state index contributed by atoms with van der Waals surface area (Å²) in [6.07, 6.45) is 3.46. The minimum atomic E-state index is -2.99. The summed E-state index contributed by atoms with van der Waals surface area (Å²) in [6.45, 7) is -1.21. The van der Waals surface area contributed by atoms with Crippen molar-refractivity contribution in [2.24, 2.45) is 5.73 Å². The number of nitrogens with zero attached hydrogens (tertiary/aromatic N) is 4. The minimum Gasteiger partial charge on any atom is -0.444 e. The number of nitrogens with one attached hydrogen (secondary N) is 1. The summed E-state index contributed by atoms with van der Waals surface area (Å²) in [5.41, 5.74) is 5.56. The number of halogens is 2. The first-order valence-electron chi connectivity index (χ1n) is 7.22. The maximum Gasteiger partial charge on any atom is 0.333 e. The lowest BCUT2D eigenvalue weighted by Crippen LogP contribution is -2.18. The number of aromatic nitrogens is 4. The number of nitrogens with two attached hydrogens (primary N) is 1. The van der Waals surface area contributed by atoms with Crippen molar-refractivity contribution in [3.63, 3.8) is 0 Å². The van der Waals surface area contributed by atoms with Gasteiger partial charge in [0, 0.05) is 17.5 Å². The Bertz CT molecular complexity index is 981. The summed E-state index contributed by atoms with van der Waals surface area (Å²) < 4.78 is 30.9. The van der Waals surface area contributed by atoms with Crippen molar-refractivity contribution in [2.45, 2.75) is 13.5 Å². The number of amides is 2. The third-order valence-corrected chi connectivity index (χ3v) is 3.29. The molecule has 9 nitrogen and oxygen atoms in total. The SMILES string of the molecule is Cc1cc(-c2nc(C(=O)Nc3cn(C(F)F)nc3C(N)=O)co2)ccn1. The molecule has 3 aromatic rings. The molecule has 0 aliphatic carbocycles. The molecule has 0 atom stereocenters. The number of oxazole rings is 1. The number of hydrogen-bond acceptors (Lipinski definition) is 6. The molecule has 0 aliphatic rings. The molecule has 0 unspecified atom stereocenters. The van der Waals surface area contributed by atoms with E-state index in [0.717, 1.165) is 18.2 Å². The summed E-state index contributed by atoms with van der Waals surface area (Å²) in [6, 6.07) is 3.36. The van der Waals surface area contributed by atoms with E-state index < -0.39 is 24.1 Å². The van der Waals surface area contributed by atoms with Gasteiger partial charge in [-0.3, -0.25) is 14.6 Å². The number of carbonyl (C=O) groups excluding carboxylic acids is 2. The van der Waals surface area contributed by atoms with Crippen LogP contribution in [-0.2, 0) is 0 Å². The first-order valence-corrected chi connectivity index (χ1v) is 7.22. The zero-order valence-electron chi connectivity index (χ0n) is 13.3. The van der Waals surface area contributed by atoms with Crippen molar-refractivity contribution in [2.75, 3.05) is 5.32 Å². The zero-order valence-corrected chi connectivity index (χ0v) is 13.3. The van der Waals surface area contributed by atoms with Gasteiger partial charge in [0.2, 0.25) is 5.89 Å². The minimum absolute atomic E-state index is 0.116. The molecule has 3 rings (SSSR count). The summed E-state index contributed by atoms with van der Waals surface area (Å²) in [5.74, 6) is -1.66. The molecule has 3 heterocycles. The summed E-state index contributed by atoms with van der Waals surface area (Å²) >= 11 is 0. The van der Waals surface area contributed by atoms with Gasteiger partial charge in [0.05, 0.1) is 11.9 Å². The lowest BCUT2D eigenvalue weighted by Gasteiger charge is -2.00. The molecular weight excluding hydrogens is 350 g/mol. The average molecular weight is 362 g/mol. The monoisotopic (exact) mass is 362 g/mol. The van der Waals surface area contributed by atoms with Crippen LogP contribution >= 0.6 is 0 Å². The number of pyridine rings is 1. The topological polar surface area (TPSA) is 129 Å². The number of primary amides is 1. The molecule has 0 saturated carbocycles. The quantitative estimate of drug-likeness (QED) is 0.714. The number of hydrogen-bond donors (Lipinski definition) is 2. The van der Waals surface area contributed by atoms with Crippen LogP contribution in [0, 0.1) is 6.92 Å². The van der Waals surface area contributed by atoms with E-state index in [2.05, 4.69) is 20.4 Å². The van der Waals surface area contributed by atoms with Crippen molar-refractivity contribution in [3.05, 3.63) is 47.9 Å². The molecule has 0 aliphatic heterocycles. The van der Waals surface area contributed by atoms with E-state index in [4.69, 9.17) is 10.2 Å². The van der Waals surface area contributed by atoms with Gasteiger partial charge in [0.25, 0.3) is 11.8 Å². The van der Waals surface area contributed by atoms with Crippen LogP contribution in [0.1, 0.15) is 33.2 Å². The highest BCUT2D eigenvalue weighted by atomic mass is 19.3. The maximum atomic E-state index is 12.7. The Morgan fingerprint density at radius 2 is 2.15 bits per heavy atom. The van der Waals surface area contributed by atoms with Gasteiger partial charge >= 0.3 is 6.55 Å². The fourth-order valence-corrected chi connectivity index (χ4v) is 2.14. The molecule has 2 amide bonds. The fourth-order valence-electron chi connectivity index (χ4n) is 2.14. The fraction of sp³-hybridized carbons (Fsp3) is 0.133. The highest BCUT2D eigenvalue weighted by molar-refractivity contribution is 6.07. The molecule has 3 N–H and O–H groups in total. The highest BCUT2D eigenvalue weighted by Gasteiger charge is 2.21. The number of rotatable bonds is 5. The van der Waals surface area contributed by atoms with E-state index in [1.54, 1.807) is 25.3 Å².